The molecule has 2 fully saturated rings. The highest BCUT2D eigenvalue weighted by Gasteiger charge is 2.28. The summed E-state index contributed by atoms with van der Waals surface area (Å²) in [6, 6.07) is 6.58. The Morgan fingerprint density at radius 2 is 1.75 bits per heavy atom. The molecule has 0 aromatic heterocycles. The van der Waals surface area contributed by atoms with Crippen LogP contribution < -0.4 is 0 Å². The van der Waals surface area contributed by atoms with Gasteiger partial charge in [-0.15, -0.1) is 0 Å². The molecule has 2 aliphatic rings. The highest BCUT2D eigenvalue weighted by atomic mass is 32.2. The summed E-state index contributed by atoms with van der Waals surface area (Å²) in [5.41, 5.74) is 3.22. The molecule has 24 heavy (non-hydrogen) atoms. The van der Waals surface area contributed by atoms with Crippen LogP contribution in [0.1, 0.15) is 47.2 Å². The van der Waals surface area contributed by atoms with Crippen LogP contribution in [-0.4, -0.2) is 59.4 Å². The molecule has 1 amide bonds. The molecular weight excluding hydrogens is 316 g/mol. The number of hydrogen-bond acceptors (Lipinski definition) is 3. The van der Waals surface area contributed by atoms with E-state index in [4.69, 9.17) is 0 Å². The van der Waals surface area contributed by atoms with E-state index in [1.807, 2.05) is 23.9 Å². The average molecular weight is 347 g/mol. The third kappa shape index (κ3) is 4.54. The number of thioether (sulfide) groups is 1. The molecule has 2 saturated heterocycles. The van der Waals surface area contributed by atoms with Crippen molar-refractivity contribution < 1.29 is 4.79 Å². The van der Waals surface area contributed by atoms with E-state index in [1.54, 1.807) is 0 Å². The van der Waals surface area contributed by atoms with Crippen molar-refractivity contribution in [3.8, 4) is 0 Å². The molecule has 1 aromatic carbocycles. The maximum Gasteiger partial charge on any atom is 0.254 e. The molecule has 0 aliphatic carbocycles. The number of aryl methyl sites for hydroxylation is 2. The summed E-state index contributed by atoms with van der Waals surface area (Å²) in [4.78, 5) is 17.9. The number of likely N-dealkylation sites (tertiary alicyclic amines) is 1. The smallest absolute Gasteiger partial charge is 0.254 e. The Morgan fingerprint density at radius 1 is 1.04 bits per heavy atom. The second-order valence-electron chi connectivity index (χ2n) is 7.32. The molecule has 132 valence electrons. The number of carbonyl (C=O) groups is 1. The van der Waals surface area contributed by atoms with Crippen molar-refractivity contribution in [3.63, 3.8) is 0 Å². The fourth-order valence-electron chi connectivity index (χ4n) is 3.95. The van der Waals surface area contributed by atoms with Crippen molar-refractivity contribution in [1.82, 2.24) is 9.80 Å². The van der Waals surface area contributed by atoms with Crippen molar-refractivity contribution in [2.45, 2.75) is 45.6 Å². The van der Waals surface area contributed by atoms with Crippen LogP contribution in [0.3, 0.4) is 0 Å². The van der Waals surface area contributed by atoms with E-state index in [-0.39, 0.29) is 5.91 Å². The standard InChI is InChI=1S/C20H30N2OS/c1-16-11-17(2)13-18(12-16)20(23)22-9-6-10-24-15-19(22)14-21-7-4-3-5-8-21/h11-13,19H,3-10,14-15H2,1-2H3. The second-order valence-corrected chi connectivity index (χ2v) is 8.47. The van der Waals surface area contributed by atoms with Crippen molar-refractivity contribution in [1.29, 1.82) is 0 Å². The number of carbonyl (C=O) groups excluding carboxylic acids is 1. The Labute approximate surface area is 150 Å². The van der Waals surface area contributed by atoms with Gasteiger partial charge in [0.1, 0.15) is 0 Å². The predicted molar refractivity (Wildman–Crippen MR) is 103 cm³/mol. The Balaban J connectivity index is 1.76. The van der Waals surface area contributed by atoms with Gasteiger partial charge in [0.05, 0.1) is 6.04 Å². The lowest BCUT2D eigenvalue weighted by Gasteiger charge is -2.36. The van der Waals surface area contributed by atoms with Gasteiger partial charge in [-0.1, -0.05) is 23.6 Å². The van der Waals surface area contributed by atoms with Crippen molar-refractivity contribution in [3.05, 3.63) is 34.9 Å². The highest BCUT2D eigenvalue weighted by molar-refractivity contribution is 7.99. The Bertz CT molecular complexity index is 549. The lowest BCUT2D eigenvalue weighted by atomic mass is 10.0. The third-order valence-corrected chi connectivity index (χ3v) is 6.28. The van der Waals surface area contributed by atoms with Gasteiger partial charge in [0.15, 0.2) is 0 Å². The summed E-state index contributed by atoms with van der Waals surface area (Å²) < 4.78 is 0. The Kier molecular flexibility index (Phi) is 6.23. The van der Waals surface area contributed by atoms with Crippen LogP contribution in [0, 0.1) is 13.8 Å². The van der Waals surface area contributed by atoms with E-state index < -0.39 is 0 Å². The van der Waals surface area contributed by atoms with Crippen molar-refractivity contribution in [2.24, 2.45) is 0 Å². The Morgan fingerprint density at radius 3 is 2.46 bits per heavy atom. The molecule has 0 spiro atoms. The van der Waals surface area contributed by atoms with Gasteiger partial charge in [0.2, 0.25) is 0 Å². The molecule has 1 unspecified atom stereocenters. The number of rotatable bonds is 3. The van der Waals surface area contributed by atoms with Crippen molar-refractivity contribution in [2.75, 3.05) is 37.7 Å². The summed E-state index contributed by atoms with van der Waals surface area (Å²) in [7, 11) is 0. The highest BCUT2D eigenvalue weighted by Crippen LogP contribution is 2.22. The first-order valence-corrected chi connectivity index (χ1v) is 10.5. The molecule has 2 aliphatic heterocycles. The van der Waals surface area contributed by atoms with Gasteiger partial charge in [-0.25, -0.2) is 0 Å². The molecule has 4 heteroatoms. The molecule has 0 saturated carbocycles. The van der Waals surface area contributed by atoms with E-state index in [9.17, 15) is 4.79 Å². The van der Waals surface area contributed by atoms with Crippen LogP contribution in [0.25, 0.3) is 0 Å². The van der Waals surface area contributed by atoms with Gasteiger partial charge in [-0.2, -0.15) is 11.8 Å². The first-order valence-electron chi connectivity index (χ1n) is 9.33. The van der Waals surface area contributed by atoms with Crippen LogP contribution in [-0.2, 0) is 0 Å². The van der Waals surface area contributed by atoms with Crippen LogP contribution in [0.4, 0.5) is 0 Å². The van der Waals surface area contributed by atoms with E-state index in [0.29, 0.717) is 6.04 Å². The summed E-state index contributed by atoms with van der Waals surface area (Å²) >= 11 is 2.01. The zero-order valence-corrected chi connectivity index (χ0v) is 15.9. The summed E-state index contributed by atoms with van der Waals surface area (Å²) in [6.45, 7) is 8.50. The largest absolute Gasteiger partial charge is 0.334 e. The second kappa shape index (κ2) is 8.39. The van der Waals surface area contributed by atoms with Crippen molar-refractivity contribution >= 4 is 17.7 Å². The van der Waals surface area contributed by atoms with Gasteiger partial charge in [0.25, 0.3) is 5.91 Å². The van der Waals surface area contributed by atoms with Gasteiger partial charge in [0, 0.05) is 24.4 Å². The zero-order valence-electron chi connectivity index (χ0n) is 15.1. The molecule has 0 N–H and O–H groups in total. The fourth-order valence-corrected chi connectivity index (χ4v) is 5.01. The molecule has 2 heterocycles. The summed E-state index contributed by atoms with van der Waals surface area (Å²) in [5, 5.41) is 0. The van der Waals surface area contributed by atoms with Crippen LogP contribution in [0.2, 0.25) is 0 Å². The van der Waals surface area contributed by atoms with E-state index in [2.05, 4.69) is 29.7 Å². The van der Waals surface area contributed by atoms with E-state index in [1.165, 1.54) is 49.2 Å². The topological polar surface area (TPSA) is 23.6 Å². The molecule has 1 atom stereocenters. The monoisotopic (exact) mass is 346 g/mol. The Hall–Kier alpha value is -1.00. The van der Waals surface area contributed by atoms with Crippen LogP contribution in [0.15, 0.2) is 18.2 Å². The third-order valence-electron chi connectivity index (χ3n) is 5.09. The molecule has 1 aromatic rings. The fraction of sp³-hybridized carbons (Fsp3) is 0.650. The number of benzene rings is 1. The molecule has 3 nitrogen and oxygen atoms in total. The minimum Gasteiger partial charge on any atom is -0.334 e. The van der Waals surface area contributed by atoms with Gasteiger partial charge >= 0.3 is 0 Å². The predicted octanol–water partition coefficient (Wildman–Crippen LogP) is 3.74. The minimum atomic E-state index is 0.228. The van der Waals surface area contributed by atoms with Crippen LogP contribution >= 0.6 is 11.8 Å². The summed E-state index contributed by atoms with van der Waals surface area (Å²) in [5.74, 6) is 2.48. The van der Waals surface area contributed by atoms with Gasteiger partial charge in [-0.3, -0.25) is 4.79 Å². The zero-order chi connectivity index (χ0) is 16.9. The van der Waals surface area contributed by atoms with Gasteiger partial charge < -0.3 is 9.80 Å². The molecule has 3 rings (SSSR count). The maximum absolute atomic E-state index is 13.2. The molecular formula is C20H30N2OS. The lowest BCUT2D eigenvalue weighted by Crippen LogP contribution is -2.49. The summed E-state index contributed by atoms with van der Waals surface area (Å²) in [6.07, 6.45) is 5.09. The number of amides is 1. The van der Waals surface area contributed by atoms with E-state index >= 15 is 0 Å². The number of nitrogens with zero attached hydrogens (tertiary/aromatic N) is 2. The minimum absolute atomic E-state index is 0.228. The van der Waals surface area contributed by atoms with E-state index in [0.717, 1.165) is 30.8 Å². The quantitative estimate of drug-likeness (QED) is 0.833. The first kappa shape index (κ1) is 17.8. The molecule has 0 radical (unpaired) electrons. The van der Waals surface area contributed by atoms with Gasteiger partial charge in [-0.05, 0) is 64.1 Å². The normalized spacial score (nSPS) is 23.1. The number of piperidine rings is 1. The lowest BCUT2D eigenvalue weighted by molar-refractivity contribution is 0.0645. The maximum atomic E-state index is 13.2. The average Bonchev–Trinajstić information content (AvgIpc) is 2.80. The van der Waals surface area contributed by atoms with Crippen LogP contribution in [0.5, 0.6) is 0 Å². The SMILES string of the molecule is Cc1cc(C)cc(C(=O)N2CCCSCC2CN2CCCCC2)c1. The number of hydrogen-bond donors (Lipinski definition) is 0. The molecule has 0 bridgehead atoms. The first-order chi connectivity index (χ1) is 11.6.